The molecule has 3 N–H and O–H groups in total. The minimum absolute atomic E-state index is 0.156. The molecular weight excluding hydrogens is 128 g/mol. The van der Waals surface area contributed by atoms with E-state index in [1.165, 1.54) is 22.7 Å². The quantitative estimate of drug-likeness (QED) is 0.412. The highest BCUT2D eigenvalue weighted by Crippen LogP contribution is 1.94. The summed E-state index contributed by atoms with van der Waals surface area (Å²) >= 11 is 0. The molecule has 0 fully saturated rings. The number of nitrogens with one attached hydrogen (secondary N) is 1. The van der Waals surface area contributed by atoms with Crippen LogP contribution in [0.2, 0.25) is 6.04 Å². The van der Waals surface area contributed by atoms with Crippen molar-refractivity contribution in [3.8, 4) is 0 Å². The van der Waals surface area contributed by atoms with Crippen LogP contribution in [0.5, 0.6) is 0 Å². The maximum absolute atomic E-state index is 5.55. The summed E-state index contributed by atoms with van der Waals surface area (Å²) < 4.78 is 0. The number of nitrogens with two attached hydrogens (primary N) is 1. The van der Waals surface area contributed by atoms with Gasteiger partial charge in [-0.15, -0.1) is 0 Å². The van der Waals surface area contributed by atoms with Gasteiger partial charge < -0.3 is 5.73 Å². The zero-order chi connectivity index (χ0) is 7.28. The Hall–Kier alpha value is 0.137. The molecule has 0 aromatic heterocycles. The Morgan fingerprint density at radius 2 is 2.22 bits per heavy atom. The maximum Gasteiger partial charge on any atom is 0.0519 e. The Kier molecular flexibility index (Phi) is 5.04. The van der Waals surface area contributed by atoms with Gasteiger partial charge in [0.1, 0.15) is 0 Å². The first kappa shape index (κ1) is 9.14. The lowest BCUT2D eigenvalue weighted by Crippen LogP contribution is -2.41. The number of rotatable bonds is 4. The van der Waals surface area contributed by atoms with Crippen molar-refractivity contribution >= 4 is 10.2 Å². The summed E-state index contributed by atoms with van der Waals surface area (Å²) in [4.78, 5) is 0. The van der Waals surface area contributed by atoms with Crippen LogP contribution in [0.3, 0.4) is 0 Å². The van der Waals surface area contributed by atoms with Crippen molar-refractivity contribution in [1.82, 2.24) is 5.32 Å². The highest BCUT2D eigenvalue weighted by atomic mass is 28.1. The standard InChI is InChI=1S/C6H18N2Si/c1-3-6(4-9)8-5(2)7/h5-6,8H,3-4,7H2,1-2,9H3. The number of hydrogen-bond acceptors (Lipinski definition) is 2. The molecule has 0 aliphatic carbocycles. The first-order valence-corrected chi connectivity index (χ1v) is 5.13. The van der Waals surface area contributed by atoms with Gasteiger partial charge >= 0.3 is 0 Å². The van der Waals surface area contributed by atoms with Crippen LogP contribution in [0.4, 0.5) is 0 Å². The molecule has 0 radical (unpaired) electrons. The van der Waals surface area contributed by atoms with E-state index >= 15 is 0 Å². The second kappa shape index (κ2) is 4.96. The topological polar surface area (TPSA) is 38.0 Å². The summed E-state index contributed by atoms with van der Waals surface area (Å²) in [5.74, 6) is 0. The van der Waals surface area contributed by atoms with Crippen molar-refractivity contribution in [3.63, 3.8) is 0 Å². The van der Waals surface area contributed by atoms with Gasteiger partial charge in [0, 0.05) is 16.3 Å². The van der Waals surface area contributed by atoms with Crippen LogP contribution in [0, 0.1) is 0 Å². The Bertz CT molecular complexity index is 62.1. The predicted octanol–water partition coefficient (Wildman–Crippen LogP) is -0.557. The largest absolute Gasteiger partial charge is 0.316 e. The molecule has 0 aliphatic rings. The number of hydrogen-bond donors (Lipinski definition) is 2. The summed E-state index contributed by atoms with van der Waals surface area (Å²) in [6.45, 7) is 4.18. The molecule has 2 nitrogen and oxygen atoms in total. The molecule has 3 heteroatoms. The molecule has 0 saturated heterocycles. The van der Waals surface area contributed by atoms with E-state index in [1.54, 1.807) is 0 Å². The monoisotopic (exact) mass is 146 g/mol. The SMILES string of the molecule is CCC(C[SiH3])NC(C)N. The molecule has 0 spiro atoms. The van der Waals surface area contributed by atoms with Gasteiger partial charge in [-0.3, -0.25) is 5.32 Å². The van der Waals surface area contributed by atoms with Gasteiger partial charge in [-0.05, 0) is 13.3 Å². The normalized spacial score (nSPS) is 17.7. The van der Waals surface area contributed by atoms with Crippen molar-refractivity contribution in [2.45, 2.75) is 38.5 Å². The van der Waals surface area contributed by atoms with E-state index in [0.717, 1.165) is 0 Å². The fourth-order valence-electron chi connectivity index (χ4n) is 0.896. The van der Waals surface area contributed by atoms with Gasteiger partial charge in [-0.1, -0.05) is 13.0 Å². The molecule has 0 bridgehead atoms. The van der Waals surface area contributed by atoms with Gasteiger partial charge in [0.05, 0.1) is 6.17 Å². The summed E-state index contributed by atoms with van der Waals surface area (Å²) in [6.07, 6.45) is 1.36. The molecule has 2 atom stereocenters. The second-order valence-electron chi connectivity index (χ2n) is 2.47. The third kappa shape index (κ3) is 4.63. The molecular formula is C6H18N2Si. The highest BCUT2D eigenvalue weighted by molar-refractivity contribution is 6.08. The Morgan fingerprint density at radius 1 is 1.67 bits per heavy atom. The fraction of sp³-hybridized carbons (Fsp3) is 1.00. The minimum atomic E-state index is 0.156. The average Bonchev–Trinajstić information content (AvgIpc) is 1.82. The minimum Gasteiger partial charge on any atom is -0.316 e. The lowest BCUT2D eigenvalue weighted by molar-refractivity contribution is 0.467. The van der Waals surface area contributed by atoms with E-state index in [2.05, 4.69) is 12.2 Å². The molecule has 0 aliphatic heterocycles. The maximum atomic E-state index is 5.55. The third-order valence-electron chi connectivity index (χ3n) is 1.48. The summed E-state index contributed by atoms with van der Waals surface area (Å²) in [5, 5.41) is 3.29. The summed E-state index contributed by atoms with van der Waals surface area (Å²) in [5.41, 5.74) is 5.55. The molecule has 0 rings (SSSR count). The molecule has 56 valence electrons. The van der Waals surface area contributed by atoms with Crippen molar-refractivity contribution in [2.75, 3.05) is 0 Å². The van der Waals surface area contributed by atoms with Crippen molar-refractivity contribution in [1.29, 1.82) is 0 Å². The lowest BCUT2D eigenvalue weighted by Gasteiger charge is -2.17. The fourth-order valence-corrected chi connectivity index (χ4v) is 1.71. The molecule has 9 heavy (non-hydrogen) atoms. The van der Waals surface area contributed by atoms with Crippen LogP contribution >= 0.6 is 0 Å². The third-order valence-corrected chi connectivity index (χ3v) is 2.47. The van der Waals surface area contributed by atoms with E-state index in [9.17, 15) is 0 Å². The van der Waals surface area contributed by atoms with Crippen LogP contribution in [-0.4, -0.2) is 22.5 Å². The van der Waals surface area contributed by atoms with Gasteiger partial charge in [0.25, 0.3) is 0 Å². The van der Waals surface area contributed by atoms with Crippen LogP contribution < -0.4 is 11.1 Å². The van der Waals surface area contributed by atoms with Crippen molar-refractivity contribution in [2.24, 2.45) is 5.73 Å². The zero-order valence-corrected chi connectivity index (χ0v) is 8.65. The highest BCUT2D eigenvalue weighted by Gasteiger charge is 2.02. The first-order chi connectivity index (χ1) is 4.20. The van der Waals surface area contributed by atoms with E-state index in [0.29, 0.717) is 6.04 Å². The van der Waals surface area contributed by atoms with Crippen LogP contribution in [0.15, 0.2) is 0 Å². The van der Waals surface area contributed by atoms with Gasteiger partial charge in [-0.2, -0.15) is 0 Å². The second-order valence-corrected chi connectivity index (χ2v) is 3.29. The zero-order valence-electron chi connectivity index (χ0n) is 6.65. The van der Waals surface area contributed by atoms with E-state index in [-0.39, 0.29) is 6.17 Å². The van der Waals surface area contributed by atoms with E-state index < -0.39 is 0 Å². The van der Waals surface area contributed by atoms with Gasteiger partial charge in [0.2, 0.25) is 0 Å². The van der Waals surface area contributed by atoms with E-state index in [1.807, 2.05) is 6.92 Å². The van der Waals surface area contributed by atoms with Gasteiger partial charge in [0.15, 0.2) is 0 Å². The predicted molar refractivity (Wildman–Crippen MR) is 45.6 cm³/mol. The molecule has 0 saturated carbocycles. The van der Waals surface area contributed by atoms with Crippen LogP contribution in [-0.2, 0) is 0 Å². The van der Waals surface area contributed by atoms with Gasteiger partial charge in [-0.25, -0.2) is 0 Å². The van der Waals surface area contributed by atoms with Crippen molar-refractivity contribution in [3.05, 3.63) is 0 Å². The lowest BCUT2D eigenvalue weighted by atomic mass is 10.2. The Morgan fingerprint density at radius 3 is 2.33 bits per heavy atom. The van der Waals surface area contributed by atoms with Crippen molar-refractivity contribution < 1.29 is 0 Å². The summed E-state index contributed by atoms with van der Waals surface area (Å²) in [7, 11) is 1.27. The Balaban J connectivity index is 3.31. The smallest absolute Gasteiger partial charge is 0.0519 e. The molecule has 0 aromatic rings. The molecule has 0 aromatic carbocycles. The average molecular weight is 146 g/mol. The Labute approximate surface area is 60.6 Å². The molecule has 2 unspecified atom stereocenters. The first-order valence-electron chi connectivity index (χ1n) is 3.72. The van der Waals surface area contributed by atoms with Crippen LogP contribution in [0.25, 0.3) is 0 Å². The molecule has 0 heterocycles. The summed E-state index contributed by atoms with van der Waals surface area (Å²) in [6, 6.07) is 1.97. The van der Waals surface area contributed by atoms with E-state index in [4.69, 9.17) is 5.73 Å². The molecule has 0 amide bonds. The van der Waals surface area contributed by atoms with Crippen LogP contribution in [0.1, 0.15) is 20.3 Å².